The summed E-state index contributed by atoms with van der Waals surface area (Å²) >= 11 is 0. The van der Waals surface area contributed by atoms with Crippen molar-refractivity contribution < 1.29 is 0 Å². The van der Waals surface area contributed by atoms with Crippen molar-refractivity contribution in [3.8, 4) is 55.6 Å². The lowest BCUT2D eigenvalue weighted by molar-refractivity contribution is -0.0399. The van der Waals surface area contributed by atoms with Crippen LogP contribution in [0.4, 0.5) is 0 Å². The van der Waals surface area contributed by atoms with Gasteiger partial charge < -0.3 is 0 Å². The lowest BCUT2D eigenvalue weighted by Crippen LogP contribution is -2.55. The maximum Gasteiger partial charge on any atom is 0.0272 e. The molecule has 62 heavy (non-hydrogen) atoms. The predicted octanol–water partition coefficient (Wildman–Crippen LogP) is 16.7. The standard InChI is InChI=1S/C62H46/c1-2-12-40(13-3-1)48-22-10-15-43-16-11-23-49(58(43)48)42-24-26-44(27-25-42)59-51-18-6-8-20-53(51)60(54-21-9-7-19-52(54)59)45-29-30-56-55(37-45)61-50-17-5-4-14-41(50)28-31-57(61)62(56)46-33-38-32-39(35-46)36-47(62)34-38/h1-31,37-39,46-47H,32-36H2. The molecule has 0 nitrogen and oxygen atoms in total. The van der Waals surface area contributed by atoms with E-state index in [0.29, 0.717) is 0 Å². The van der Waals surface area contributed by atoms with Crippen molar-refractivity contribution in [2.24, 2.45) is 23.7 Å². The van der Waals surface area contributed by atoms with Gasteiger partial charge in [-0.15, -0.1) is 0 Å². The molecule has 5 aliphatic rings. The van der Waals surface area contributed by atoms with E-state index in [2.05, 4.69) is 194 Å². The second-order valence-corrected chi connectivity index (χ2v) is 19.1. The van der Waals surface area contributed by atoms with Gasteiger partial charge in [0.15, 0.2) is 0 Å². The third-order valence-electron chi connectivity index (χ3n) is 16.2. The van der Waals surface area contributed by atoms with Crippen molar-refractivity contribution in [3.05, 3.63) is 205 Å². The van der Waals surface area contributed by atoms with Crippen molar-refractivity contribution in [1.82, 2.24) is 0 Å². The van der Waals surface area contributed by atoms with Crippen LogP contribution in [0.25, 0.3) is 98.7 Å². The van der Waals surface area contributed by atoms with Crippen molar-refractivity contribution in [1.29, 1.82) is 0 Å². The van der Waals surface area contributed by atoms with E-state index in [-0.39, 0.29) is 5.41 Å². The molecule has 15 rings (SSSR count). The summed E-state index contributed by atoms with van der Waals surface area (Å²) in [6.07, 6.45) is 7.06. The van der Waals surface area contributed by atoms with Crippen molar-refractivity contribution in [2.45, 2.75) is 37.5 Å². The van der Waals surface area contributed by atoms with Crippen LogP contribution in [0.2, 0.25) is 0 Å². The average molecular weight is 791 g/mol. The third-order valence-corrected chi connectivity index (χ3v) is 16.2. The molecule has 10 aromatic rings. The Morgan fingerprint density at radius 2 is 0.790 bits per heavy atom. The summed E-state index contributed by atoms with van der Waals surface area (Å²) in [7, 11) is 0. The Hall–Kier alpha value is -6.76. The molecule has 0 radical (unpaired) electrons. The second-order valence-electron chi connectivity index (χ2n) is 19.1. The van der Waals surface area contributed by atoms with Crippen LogP contribution in [-0.2, 0) is 5.41 Å². The van der Waals surface area contributed by atoms with Gasteiger partial charge in [-0.2, -0.15) is 0 Å². The molecule has 1 spiro atoms. The van der Waals surface area contributed by atoms with Gasteiger partial charge in [-0.05, 0) is 172 Å². The minimum Gasteiger partial charge on any atom is -0.0622 e. The number of hydrogen-bond acceptors (Lipinski definition) is 0. The quantitative estimate of drug-likeness (QED) is 0.156. The molecule has 294 valence electrons. The van der Waals surface area contributed by atoms with E-state index < -0.39 is 0 Å². The van der Waals surface area contributed by atoms with E-state index in [1.165, 1.54) is 131 Å². The van der Waals surface area contributed by atoms with Gasteiger partial charge >= 0.3 is 0 Å². The molecule has 10 aromatic carbocycles. The van der Waals surface area contributed by atoms with E-state index in [1.54, 1.807) is 11.1 Å². The summed E-state index contributed by atoms with van der Waals surface area (Å²) in [5.74, 6) is 3.33. The van der Waals surface area contributed by atoms with Crippen LogP contribution in [0, 0.1) is 23.7 Å². The molecule has 5 aliphatic carbocycles. The lowest BCUT2D eigenvalue weighted by atomic mass is 9.43. The summed E-state index contributed by atoms with van der Waals surface area (Å²) in [5, 5.41) is 10.6. The number of fused-ring (bicyclic) bond motifs is 8. The summed E-state index contributed by atoms with van der Waals surface area (Å²) in [6, 6.07) is 73.9. The molecule has 0 N–H and O–H groups in total. The Morgan fingerprint density at radius 3 is 1.42 bits per heavy atom. The van der Waals surface area contributed by atoms with Crippen molar-refractivity contribution >= 4 is 43.1 Å². The molecule has 0 aromatic heterocycles. The zero-order chi connectivity index (χ0) is 40.5. The predicted molar refractivity (Wildman–Crippen MR) is 261 cm³/mol. The topological polar surface area (TPSA) is 0 Å². The Kier molecular flexibility index (Phi) is 7.39. The van der Waals surface area contributed by atoms with Gasteiger partial charge in [0, 0.05) is 5.41 Å². The van der Waals surface area contributed by atoms with Crippen molar-refractivity contribution in [3.63, 3.8) is 0 Å². The van der Waals surface area contributed by atoms with Gasteiger partial charge in [0.1, 0.15) is 0 Å². The van der Waals surface area contributed by atoms with Crippen LogP contribution in [0.1, 0.15) is 43.2 Å². The molecule has 0 unspecified atom stereocenters. The normalized spacial score (nSPS) is 21.9. The van der Waals surface area contributed by atoms with E-state index in [9.17, 15) is 0 Å². The first kappa shape index (κ1) is 34.9. The Labute approximate surface area is 363 Å². The summed E-state index contributed by atoms with van der Waals surface area (Å²) in [5.41, 5.74) is 16.6. The van der Waals surface area contributed by atoms with Gasteiger partial charge in [0.05, 0.1) is 0 Å². The van der Waals surface area contributed by atoms with Gasteiger partial charge in [-0.25, -0.2) is 0 Å². The van der Waals surface area contributed by atoms with Crippen LogP contribution < -0.4 is 0 Å². The molecule has 0 heteroatoms. The first-order valence-corrected chi connectivity index (χ1v) is 23.0. The first-order valence-electron chi connectivity index (χ1n) is 23.0. The van der Waals surface area contributed by atoms with Gasteiger partial charge in [-0.1, -0.05) is 188 Å². The molecule has 0 aliphatic heterocycles. The van der Waals surface area contributed by atoms with E-state index in [1.807, 2.05) is 0 Å². The van der Waals surface area contributed by atoms with Gasteiger partial charge in [0.2, 0.25) is 0 Å². The molecular formula is C62H46. The third kappa shape index (κ3) is 4.79. The highest BCUT2D eigenvalue weighted by molar-refractivity contribution is 6.22. The molecule has 4 bridgehead atoms. The maximum absolute atomic E-state index is 2.62. The summed E-state index contributed by atoms with van der Waals surface area (Å²) < 4.78 is 0. The minimum absolute atomic E-state index is 0.135. The van der Waals surface area contributed by atoms with E-state index >= 15 is 0 Å². The number of rotatable bonds is 4. The molecule has 0 amide bonds. The zero-order valence-corrected chi connectivity index (χ0v) is 34.8. The average Bonchev–Trinajstić information content (AvgIpc) is 3.62. The Morgan fingerprint density at radius 1 is 0.306 bits per heavy atom. The highest BCUT2D eigenvalue weighted by Gasteiger charge is 2.61. The largest absolute Gasteiger partial charge is 0.0622 e. The molecule has 0 heterocycles. The van der Waals surface area contributed by atoms with Crippen molar-refractivity contribution in [2.75, 3.05) is 0 Å². The van der Waals surface area contributed by atoms with Gasteiger partial charge in [0.25, 0.3) is 0 Å². The van der Waals surface area contributed by atoms with Crippen LogP contribution in [0.15, 0.2) is 194 Å². The summed E-state index contributed by atoms with van der Waals surface area (Å²) in [4.78, 5) is 0. The Balaban J connectivity index is 0.953. The van der Waals surface area contributed by atoms with E-state index in [4.69, 9.17) is 0 Å². The molecule has 4 fully saturated rings. The van der Waals surface area contributed by atoms with Gasteiger partial charge in [-0.3, -0.25) is 0 Å². The minimum atomic E-state index is 0.135. The highest BCUT2D eigenvalue weighted by Crippen LogP contribution is 2.70. The second kappa shape index (κ2) is 13.1. The molecule has 0 atom stereocenters. The van der Waals surface area contributed by atoms with Crippen LogP contribution >= 0.6 is 0 Å². The fourth-order valence-electron chi connectivity index (χ4n) is 14.1. The molecule has 0 saturated heterocycles. The smallest absolute Gasteiger partial charge is 0.0272 e. The SMILES string of the molecule is c1ccc(-c2cccc3cccc(-c4ccc(-c5c6ccccc6c(-c6ccc7c(c6)-c6c(ccc8ccccc68)C76C7CC8CC(C7)CC6C8)c6ccccc56)cc4)c23)cc1. The monoisotopic (exact) mass is 790 g/mol. The molecular weight excluding hydrogens is 745 g/mol. The number of benzene rings is 10. The van der Waals surface area contributed by atoms with Crippen LogP contribution in [-0.4, -0.2) is 0 Å². The van der Waals surface area contributed by atoms with E-state index in [0.717, 1.165) is 23.7 Å². The Bertz CT molecular complexity index is 3370. The maximum atomic E-state index is 2.62. The molecule has 4 saturated carbocycles. The first-order chi connectivity index (χ1) is 30.7. The lowest BCUT2D eigenvalue weighted by Gasteiger charge is -2.61. The fourth-order valence-corrected chi connectivity index (χ4v) is 14.1. The fraction of sp³-hybridized carbons (Fsp3) is 0.161. The van der Waals surface area contributed by atoms with Crippen LogP contribution in [0.5, 0.6) is 0 Å². The zero-order valence-electron chi connectivity index (χ0n) is 34.8. The highest BCUT2D eigenvalue weighted by atomic mass is 14.6. The summed E-state index contributed by atoms with van der Waals surface area (Å²) in [6.45, 7) is 0. The number of hydrogen-bond donors (Lipinski definition) is 0. The van der Waals surface area contributed by atoms with Crippen LogP contribution in [0.3, 0.4) is 0 Å².